The summed E-state index contributed by atoms with van der Waals surface area (Å²) in [5, 5.41) is 7.78. The van der Waals surface area contributed by atoms with Crippen molar-refractivity contribution in [2.45, 2.75) is 0 Å². The van der Waals surface area contributed by atoms with Crippen molar-refractivity contribution >= 4 is 40.0 Å². The van der Waals surface area contributed by atoms with Crippen LogP contribution in [0.4, 0.5) is 15.2 Å². The van der Waals surface area contributed by atoms with Crippen molar-refractivity contribution < 1.29 is 13.7 Å². The van der Waals surface area contributed by atoms with Crippen LogP contribution in [-0.4, -0.2) is 21.4 Å². The van der Waals surface area contributed by atoms with Gasteiger partial charge in [-0.1, -0.05) is 52.4 Å². The van der Waals surface area contributed by atoms with Crippen molar-refractivity contribution in [2.75, 3.05) is 5.32 Å². The number of hydrogen-bond acceptors (Lipinski definition) is 7. The second-order valence-corrected chi connectivity index (χ2v) is 6.75. The number of carbonyl (C=O) groups excluding carboxylic acids is 1. The Morgan fingerprint density at radius 2 is 1.81 bits per heavy atom. The Morgan fingerprint density at radius 1 is 1.07 bits per heavy atom. The molecule has 0 fully saturated rings. The van der Waals surface area contributed by atoms with Gasteiger partial charge in [0.1, 0.15) is 11.0 Å². The van der Waals surface area contributed by atoms with Crippen molar-refractivity contribution in [2.24, 2.45) is 0 Å². The minimum Gasteiger partial charge on any atom is -0.331 e. The number of nitrogens with zero attached hydrogens (tertiary/aromatic N) is 3. The van der Waals surface area contributed by atoms with Crippen LogP contribution >= 0.6 is 22.9 Å². The van der Waals surface area contributed by atoms with Crippen LogP contribution in [0.15, 0.2) is 53.1 Å². The van der Waals surface area contributed by atoms with Gasteiger partial charge in [-0.05, 0) is 24.3 Å². The Bertz CT molecular complexity index is 1110. The SMILES string of the molecule is O=Cc1nc(-c2ccccc2-c2sc(Nc3ccc(F)cc3)nc2Cl)no1. The molecule has 0 atom stereocenters. The number of hydrogen-bond donors (Lipinski definition) is 1. The van der Waals surface area contributed by atoms with Gasteiger partial charge in [0.2, 0.25) is 12.1 Å². The summed E-state index contributed by atoms with van der Waals surface area (Å²) in [5.41, 5.74) is 2.11. The van der Waals surface area contributed by atoms with E-state index >= 15 is 0 Å². The van der Waals surface area contributed by atoms with Gasteiger partial charge in [0.05, 0.1) is 4.88 Å². The van der Waals surface area contributed by atoms with Gasteiger partial charge in [-0.3, -0.25) is 4.79 Å². The van der Waals surface area contributed by atoms with Gasteiger partial charge < -0.3 is 9.84 Å². The molecule has 0 amide bonds. The number of aromatic nitrogens is 3. The predicted molar refractivity (Wildman–Crippen MR) is 101 cm³/mol. The standard InChI is InChI=1S/C18H10ClFN4O2S/c19-16-15(27-18(23-16)21-11-7-5-10(20)6-8-11)12-3-1-2-4-13(12)17-22-14(9-25)26-24-17/h1-9H,(H,21,23). The van der Waals surface area contributed by atoms with Crippen LogP contribution in [0.3, 0.4) is 0 Å². The number of aldehydes is 1. The Morgan fingerprint density at radius 3 is 2.52 bits per heavy atom. The normalized spacial score (nSPS) is 10.7. The number of nitrogens with one attached hydrogen (secondary N) is 1. The van der Waals surface area contributed by atoms with E-state index in [1.165, 1.54) is 23.5 Å². The Balaban J connectivity index is 1.71. The van der Waals surface area contributed by atoms with Crippen LogP contribution in [0.1, 0.15) is 10.7 Å². The van der Waals surface area contributed by atoms with E-state index in [1.54, 1.807) is 18.2 Å². The molecule has 27 heavy (non-hydrogen) atoms. The molecular weight excluding hydrogens is 391 g/mol. The van der Waals surface area contributed by atoms with Crippen molar-refractivity contribution in [3.05, 3.63) is 65.4 Å². The Labute approximate surface area is 161 Å². The lowest BCUT2D eigenvalue weighted by Gasteiger charge is -2.04. The summed E-state index contributed by atoms with van der Waals surface area (Å²) in [4.78, 5) is 19.9. The molecule has 134 valence electrons. The summed E-state index contributed by atoms with van der Waals surface area (Å²) in [7, 11) is 0. The zero-order chi connectivity index (χ0) is 18.8. The Hall–Kier alpha value is -3.10. The third-order valence-electron chi connectivity index (χ3n) is 3.64. The third-order valence-corrected chi connectivity index (χ3v) is 5.03. The monoisotopic (exact) mass is 400 g/mol. The molecule has 0 saturated heterocycles. The fraction of sp³-hybridized carbons (Fsp3) is 0. The van der Waals surface area contributed by atoms with Gasteiger partial charge in [0.15, 0.2) is 5.13 Å². The number of thiazole rings is 1. The predicted octanol–water partition coefficient (Wildman–Crippen LogP) is 5.21. The third kappa shape index (κ3) is 3.57. The zero-order valence-corrected chi connectivity index (χ0v) is 15.1. The largest absolute Gasteiger partial charge is 0.331 e. The average Bonchev–Trinajstić information content (AvgIpc) is 3.30. The molecule has 4 aromatic rings. The topological polar surface area (TPSA) is 80.9 Å². The lowest BCUT2D eigenvalue weighted by Crippen LogP contribution is -1.88. The second kappa shape index (κ2) is 7.26. The molecule has 6 nitrogen and oxygen atoms in total. The van der Waals surface area contributed by atoms with E-state index in [0.717, 1.165) is 5.56 Å². The maximum absolute atomic E-state index is 13.0. The van der Waals surface area contributed by atoms with Gasteiger partial charge in [-0.2, -0.15) is 4.98 Å². The number of anilines is 2. The smallest absolute Gasteiger partial charge is 0.291 e. The number of halogens is 2. The number of carbonyl (C=O) groups is 1. The van der Waals surface area contributed by atoms with Gasteiger partial charge in [-0.15, -0.1) is 0 Å². The molecule has 9 heteroatoms. The van der Waals surface area contributed by atoms with Crippen LogP contribution in [-0.2, 0) is 0 Å². The van der Waals surface area contributed by atoms with E-state index in [9.17, 15) is 9.18 Å². The molecule has 2 aromatic carbocycles. The van der Waals surface area contributed by atoms with E-state index < -0.39 is 0 Å². The Kier molecular flexibility index (Phi) is 4.66. The summed E-state index contributed by atoms with van der Waals surface area (Å²) < 4.78 is 17.9. The molecule has 0 spiro atoms. The molecule has 0 aliphatic heterocycles. The highest BCUT2D eigenvalue weighted by molar-refractivity contribution is 7.19. The molecule has 0 saturated carbocycles. The highest BCUT2D eigenvalue weighted by Gasteiger charge is 2.18. The first-order valence-electron chi connectivity index (χ1n) is 7.71. The molecule has 4 rings (SSSR count). The molecule has 0 bridgehead atoms. The average molecular weight is 401 g/mol. The molecule has 0 unspecified atom stereocenters. The first-order valence-corrected chi connectivity index (χ1v) is 8.91. The van der Waals surface area contributed by atoms with Gasteiger partial charge >= 0.3 is 0 Å². The van der Waals surface area contributed by atoms with Crippen molar-refractivity contribution in [3.8, 4) is 21.8 Å². The highest BCUT2D eigenvalue weighted by atomic mass is 35.5. The summed E-state index contributed by atoms with van der Waals surface area (Å²) in [6.07, 6.45) is 0.490. The molecule has 2 heterocycles. The maximum atomic E-state index is 13.0. The second-order valence-electron chi connectivity index (χ2n) is 5.39. The lowest BCUT2D eigenvalue weighted by atomic mass is 10.1. The van der Waals surface area contributed by atoms with E-state index in [2.05, 4.69) is 20.4 Å². The van der Waals surface area contributed by atoms with Gasteiger partial charge in [-0.25, -0.2) is 9.37 Å². The van der Waals surface area contributed by atoms with Crippen molar-refractivity contribution in [1.29, 1.82) is 0 Å². The molecule has 2 aromatic heterocycles. The highest BCUT2D eigenvalue weighted by Crippen LogP contribution is 2.41. The first kappa shape index (κ1) is 17.3. The lowest BCUT2D eigenvalue weighted by molar-refractivity contribution is 0.108. The molecule has 0 aliphatic carbocycles. The summed E-state index contributed by atoms with van der Waals surface area (Å²) in [6, 6.07) is 13.3. The first-order chi connectivity index (χ1) is 13.1. The summed E-state index contributed by atoms with van der Waals surface area (Å²) in [6.45, 7) is 0. The van der Waals surface area contributed by atoms with Crippen LogP contribution in [0, 0.1) is 5.82 Å². The fourth-order valence-electron chi connectivity index (χ4n) is 2.45. The summed E-state index contributed by atoms with van der Waals surface area (Å²) >= 11 is 7.67. The van der Waals surface area contributed by atoms with Crippen molar-refractivity contribution in [3.63, 3.8) is 0 Å². The minimum absolute atomic E-state index is 0.103. The summed E-state index contributed by atoms with van der Waals surface area (Å²) in [5.74, 6) is -0.138. The molecule has 1 N–H and O–H groups in total. The zero-order valence-electron chi connectivity index (χ0n) is 13.5. The molecular formula is C18H10ClFN4O2S. The quantitative estimate of drug-likeness (QED) is 0.463. The van der Waals surface area contributed by atoms with Gasteiger partial charge in [0.25, 0.3) is 5.89 Å². The number of benzene rings is 2. The molecule has 0 aliphatic rings. The van der Waals surface area contributed by atoms with E-state index in [1.807, 2.05) is 18.2 Å². The van der Waals surface area contributed by atoms with Crippen LogP contribution in [0.2, 0.25) is 5.15 Å². The van der Waals surface area contributed by atoms with Crippen LogP contribution in [0.25, 0.3) is 21.8 Å². The molecule has 0 radical (unpaired) electrons. The van der Waals surface area contributed by atoms with E-state index in [0.29, 0.717) is 32.7 Å². The minimum atomic E-state index is -0.317. The van der Waals surface area contributed by atoms with Crippen LogP contribution < -0.4 is 5.32 Å². The van der Waals surface area contributed by atoms with E-state index in [-0.39, 0.29) is 17.5 Å². The fourth-order valence-corrected chi connectivity index (χ4v) is 3.72. The van der Waals surface area contributed by atoms with Crippen molar-refractivity contribution in [1.82, 2.24) is 15.1 Å². The maximum Gasteiger partial charge on any atom is 0.291 e. The van der Waals surface area contributed by atoms with Gasteiger partial charge in [0, 0.05) is 16.8 Å². The van der Waals surface area contributed by atoms with Crippen LogP contribution in [0.5, 0.6) is 0 Å². The van der Waals surface area contributed by atoms with E-state index in [4.69, 9.17) is 16.1 Å². The number of rotatable bonds is 5.